The lowest BCUT2D eigenvalue weighted by molar-refractivity contribution is -0.132. The highest BCUT2D eigenvalue weighted by atomic mass is 79.9. The fraction of sp³-hybridized carbons (Fsp3) is 0.362. The van der Waals surface area contributed by atoms with Gasteiger partial charge in [-0.3, -0.25) is 29.3 Å². The molecule has 2 amide bonds. The zero-order valence-electron chi connectivity index (χ0n) is 37.0. The van der Waals surface area contributed by atoms with Gasteiger partial charge in [0.2, 0.25) is 11.8 Å². The van der Waals surface area contributed by atoms with Crippen LogP contribution in [0.15, 0.2) is 81.7 Å². The molecule has 0 radical (unpaired) electrons. The molecule has 4 aromatic heterocycles. The molecule has 0 atom stereocenters. The van der Waals surface area contributed by atoms with Gasteiger partial charge in [0.15, 0.2) is 0 Å². The minimum Gasteiger partial charge on any atom is -0.495 e. The van der Waals surface area contributed by atoms with Gasteiger partial charge in [0, 0.05) is 92.9 Å². The zero-order valence-corrected chi connectivity index (χ0v) is 42.5. The van der Waals surface area contributed by atoms with E-state index in [0.29, 0.717) is 47.7 Å². The van der Waals surface area contributed by atoms with E-state index in [1.165, 1.54) is 0 Å². The Balaban J connectivity index is 0.000000203. The van der Waals surface area contributed by atoms with Crippen molar-refractivity contribution in [1.82, 2.24) is 39.7 Å². The largest absolute Gasteiger partial charge is 0.495 e. The van der Waals surface area contributed by atoms with Gasteiger partial charge in [0.05, 0.1) is 50.3 Å². The number of halogens is 5. The van der Waals surface area contributed by atoms with Gasteiger partial charge in [0.25, 0.3) is 0 Å². The van der Waals surface area contributed by atoms with Crippen LogP contribution in [-0.2, 0) is 16.1 Å². The van der Waals surface area contributed by atoms with Crippen molar-refractivity contribution < 1.29 is 19.1 Å². The number of aromatic amines is 1. The van der Waals surface area contributed by atoms with Crippen molar-refractivity contribution in [2.45, 2.75) is 41.7 Å². The second kappa shape index (κ2) is 24.2. The fourth-order valence-electron chi connectivity index (χ4n) is 7.21. The first-order chi connectivity index (χ1) is 31.2. The van der Waals surface area contributed by atoms with Gasteiger partial charge in [-0.25, -0.2) is 0 Å². The molecule has 2 saturated heterocycles. The van der Waals surface area contributed by atoms with Crippen LogP contribution in [0.3, 0.4) is 0 Å². The number of nitrogens with one attached hydrogen (secondary N) is 1. The molecular formula is C47H55Br2Cl3N10O4. The van der Waals surface area contributed by atoms with Crippen LogP contribution >= 0.6 is 66.7 Å². The number of anilines is 2. The maximum absolute atomic E-state index is 13.0. The molecule has 0 aliphatic carbocycles. The third-order valence-electron chi connectivity index (χ3n) is 10.9. The number of methoxy groups -OCH3 is 2. The lowest BCUT2D eigenvalue weighted by atomic mass is 10.2. The molecule has 66 heavy (non-hydrogen) atoms. The zero-order chi connectivity index (χ0) is 46.8. The Bertz CT molecular complexity index is 2590. The van der Waals surface area contributed by atoms with E-state index < -0.39 is 0 Å². The molecule has 352 valence electrons. The Hall–Kier alpha value is -4.87. The van der Waals surface area contributed by atoms with Crippen LogP contribution in [0.25, 0.3) is 22.8 Å². The van der Waals surface area contributed by atoms with Crippen LogP contribution in [0.2, 0.25) is 10.0 Å². The third-order valence-corrected chi connectivity index (χ3v) is 13.7. The van der Waals surface area contributed by atoms with Crippen molar-refractivity contribution in [2.75, 3.05) is 82.3 Å². The predicted molar refractivity (Wildman–Crippen MR) is 273 cm³/mol. The highest BCUT2D eigenvalue weighted by Crippen LogP contribution is 2.32. The number of nitrogens with zero attached hydrogens (tertiary/aromatic N) is 9. The van der Waals surface area contributed by atoms with Gasteiger partial charge < -0.3 is 29.1 Å². The SMILES string of the molecule is C.COc1cc(N2CCN(C(=O)CCl)CC2)ccc1Cl.COc1cc(N2CCN(C(=O)Cn3nc(-c4cccc(C)n4)c(Br)c3C)CC2)ccc1Cl.Cc1cccc(-c2n[nH]c(C)c2Br)n1. The number of H-pyrrole nitrogens is 1. The fourth-order valence-corrected chi connectivity index (χ4v) is 8.63. The summed E-state index contributed by atoms with van der Waals surface area (Å²) >= 11 is 24.8. The highest BCUT2D eigenvalue weighted by molar-refractivity contribution is 9.11. The topological polar surface area (TPSA) is 138 Å². The number of hydrogen-bond acceptors (Lipinski definition) is 10. The Morgan fingerprint density at radius 2 is 1.14 bits per heavy atom. The molecule has 6 heterocycles. The second-order valence-corrected chi connectivity index (χ2v) is 17.9. The van der Waals surface area contributed by atoms with Crippen LogP contribution < -0.4 is 19.3 Å². The number of carbonyl (C=O) groups excluding carboxylic acids is 2. The van der Waals surface area contributed by atoms with Crippen molar-refractivity contribution in [1.29, 1.82) is 0 Å². The van der Waals surface area contributed by atoms with Gasteiger partial charge in [-0.15, -0.1) is 11.6 Å². The molecule has 0 saturated carbocycles. The second-order valence-electron chi connectivity index (χ2n) is 15.3. The first-order valence-corrected chi connectivity index (χ1v) is 23.7. The van der Waals surface area contributed by atoms with Crippen LogP contribution in [0.4, 0.5) is 11.4 Å². The number of aryl methyl sites for hydroxylation is 3. The summed E-state index contributed by atoms with van der Waals surface area (Å²) in [6.45, 7) is 13.8. The van der Waals surface area contributed by atoms with Crippen LogP contribution in [-0.4, -0.2) is 124 Å². The number of ether oxygens (including phenoxy) is 2. The number of aromatic nitrogens is 6. The molecule has 2 aliphatic heterocycles. The average Bonchev–Trinajstić information content (AvgIpc) is 3.81. The molecule has 19 heteroatoms. The van der Waals surface area contributed by atoms with Crippen molar-refractivity contribution in [2.24, 2.45) is 0 Å². The van der Waals surface area contributed by atoms with Gasteiger partial charge in [-0.05, 0) is 108 Å². The summed E-state index contributed by atoms with van der Waals surface area (Å²) in [6, 6.07) is 23.2. The molecule has 0 bridgehead atoms. The smallest absolute Gasteiger partial charge is 0.244 e. The van der Waals surface area contributed by atoms with E-state index in [2.05, 4.69) is 66.9 Å². The van der Waals surface area contributed by atoms with E-state index in [-0.39, 0.29) is 31.7 Å². The van der Waals surface area contributed by atoms with Gasteiger partial charge in [-0.2, -0.15) is 10.2 Å². The van der Waals surface area contributed by atoms with E-state index in [1.54, 1.807) is 23.8 Å². The summed E-state index contributed by atoms with van der Waals surface area (Å²) in [7, 11) is 3.21. The lowest BCUT2D eigenvalue weighted by Crippen LogP contribution is -2.49. The number of amides is 2. The number of piperazine rings is 2. The summed E-state index contributed by atoms with van der Waals surface area (Å²) in [6.07, 6.45) is 0. The number of alkyl halides is 1. The van der Waals surface area contributed by atoms with Crippen LogP contribution in [0.5, 0.6) is 11.5 Å². The summed E-state index contributed by atoms with van der Waals surface area (Å²) in [5.74, 6) is 1.42. The summed E-state index contributed by atoms with van der Waals surface area (Å²) in [4.78, 5) is 41.6. The minimum absolute atomic E-state index is 0. The number of rotatable bonds is 9. The highest BCUT2D eigenvalue weighted by Gasteiger charge is 2.25. The molecule has 14 nitrogen and oxygen atoms in total. The normalized spacial score (nSPS) is 13.5. The average molecular weight is 1090 g/mol. The summed E-state index contributed by atoms with van der Waals surface area (Å²) < 4.78 is 14.1. The van der Waals surface area contributed by atoms with Crippen LogP contribution in [0, 0.1) is 27.7 Å². The Morgan fingerprint density at radius 1 is 0.667 bits per heavy atom. The number of benzene rings is 2. The molecule has 1 N–H and O–H groups in total. The predicted octanol–water partition coefficient (Wildman–Crippen LogP) is 10.1. The Morgan fingerprint density at radius 3 is 1.56 bits per heavy atom. The minimum atomic E-state index is -0.00463. The molecule has 8 rings (SSSR count). The standard InChI is InChI=1S/C23H25BrClN5O2.C13H16Cl2N2O2.C10H10BrN3.CH4/c1-15-5-4-6-19(26-15)23-22(24)16(2)30(27-23)14-21(31)29-11-9-28(10-12-29)17-7-8-18(25)20(13-17)32-3;1-19-12-8-10(2-3-11(12)15)16-4-6-17(7-5-16)13(18)9-14;1-6-4-3-5-8(12-6)10-9(11)7(2)13-14-10;/h4-8,13H,9-12,14H2,1-3H3;2-3,8H,4-7,9H2,1H3;3-5H,1-2H3,(H,13,14);1H4. The van der Waals surface area contributed by atoms with Crippen molar-refractivity contribution in [3.05, 3.63) is 115 Å². The van der Waals surface area contributed by atoms with E-state index in [4.69, 9.17) is 44.3 Å². The summed E-state index contributed by atoms with van der Waals surface area (Å²) in [5, 5.41) is 13.0. The first kappa shape index (κ1) is 52.1. The van der Waals surface area contributed by atoms with Crippen molar-refractivity contribution >= 4 is 89.9 Å². The molecule has 2 fully saturated rings. The maximum Gasteiger partial charge on any atom is 0.244 e. The van der Waals surface area contributed by atoms with Crippen LogP contribution in [0.1, 0.15) is 30.2 Å². The molecule has 2 aromatic carbocycles. The molecule has 2 aliphatic rings. The van der Waals surface area contributed by atoms with E-state index in [0.717, 1.165) is 92.1 Å². The molecule has 0 spiro atoms. The lowest BCUT2D eigenvalue weighted by Gasteiger charge is -2.36. The quantitative estimate of drug-likeness (QED) is 0.139. The Labute approximate surface area is 418 Å². The molecular weight excluding hydrogens is 1030 g/mol. The van der Waals surface area contributed by atoms with Crippen molar-refractivity contribution in [3.8, 4) is 34.3 Å². The van der Waals surface area contributed by atoms with E-state index in [9.17, 15) is 9.59 Å². The monoisotopic (exact) mass is 1090 g/mol. The summed E-state index contributed by atoms with van der Waals surface area (Å²) in [5.41, 5.74) is 9.24. The first-order valence-electron chi connectivity index (χ1n) is 20.8. The molecule has 6 aromatic rings. The maximum atomic E-state index is 13.0. The van der Waals surface area contributed by atoms with Gasteiger partial charge in [0.1, 0.15) is 35.3 Å². The number of pyridine rings is 2. The van der Waals surface area contributed by atoms with Crippen molar-refractivity contribution in [3.63, 3.8) is 0 Å². The molecule has 0 unspecified atom stereocenters. The van der Waals surface area contributed by atoms with E-state index in [1.807, 2.05) is 105 Å². The third kappa shape index (κ3) is 13.0. The van der Waals surface area contributed by atoms with Gasteiger partial charge in [-0.1, -0.05) is 42.8 Å². The van der Waals surface area contributed by atoms with E-state index >= 15 is 0 Å². The number of hydrogen-bond donors (Lipinski definition) is 1. The number of carbonyl (C=O) groups is 2. The Kier molecular flexibility index (Phi) is 19.1. The van der Waals surface area contributed by atoms with Gasteiger partial charge >= 0.3 is 0 Å².